The van der Waals surface area contributed by atoms with Gasteiger partial charge in [-0.15, -0.1) is 0 Å². The van der Waals surface area contributed by atoms with Crippen LogP contribution in [0.3, 0.4) is 0 Å². The summed E-state index contributed by atoms with van der Waals surface area (Å²) in [6, 6.07) is 22.6. The summed E-state index contributed by atoms with van der Waals surface area (Å²) in [5.41, 5.74) is 0.528. The Kier molecular flexibility index (Phi) is 5.21. The Balaban J connectivity index is 1.74. The molecular formula is C20H15ClO4. The van der Waals surface area contributed by atoms with Crippen LogP contribution in [0.4, 0.5) is 0 Å². The SMILES string of the molecule is O=C(O)C(Oc1ccccc1)c1ccc(Oc2ccc(Cl)cc2)cc1. The lowest BCUT2D eigenvalue weighted by molar-refractivity contribution is -0.145. The zero-order valence-electron chi connectivity index (χ0n) is 13.1. The van der Waals surface area contributed by atoms with Gasteiger partial charge in [0.15, 0.2) is 0 Å². The number of benzene rings is 3. The summed E-state index contributed by atoms with van der Waals surface area (Å²) in [6.07, 6.45) is -1.09. The third kappa shape index (κ3) is 4.52. The third-order valence-electron chi connectivity index (χ3n) is 3.45. The van der Waals surface area contributed by atoms with Gasteiger partial charge in [0.1, 0.15) is 17.2 Å². The van der Waals surface area contributed by atoms with Gasteiger partial charge in [0.2, 0.25) is 6.10 Å². The molecule has 0 fully saturated rings. The molecule has 0 amide bonds. The summed E-state index contributed by atoms with van der Waals surface area (Å²) in [6.45, 7) is 0. The van der Waals surface area contributed by atoms with Crippen molar-refractivity contribution < 1.29 is 19.4 Å². The van der Waals surface area contributed by atoms with Crippen molar-refractivity contribution in [1.82, 2.24) is 0 Å². The molecule has 0 aromatic heterocycles. The van der Waals surface area contributed by atoms with E-state index < -0.39 is 12.1 Å². The highest BCUT2D eigenvalue weighted by Crippen LogP contribution is 2.27. The molecule has 0 aliphatic carbocycles. The van der Waals surface area contributed by atoms with E-state index in [0.29, 0.717) is 27.8 Å². The number of halogens is 1. The Bertz CT molecular complexity index is 830. The lowest BCUT2D eigenvalue weighted by Crippen LogP contribution is -2.18. The van der Waals surface area contributed by atoms with Gasteiger partial charge >= 0.3 is 5.97 Å². The zero-order valence-corrected chi connectivity index (χ0v) is 13.9. The van der Waals surface area contributed by atoms with Crippen molar-refractivity contribution in [2.75, 3.05) is 0 Å². The first kappa shape index (κ1) is 16.9. The quantitative estimate of drug-likeness (QED) is 0.649. The normalized spacial score (nSPS) is 11.6. The van der Waals surface area contributed by atoms with Crippen molar-refractivity contribution >= 4 is 17.6 Å². The molecule has 3 aromatic carbocycles. The van der Waals surface area contributed by atoms with Crippen LogP contribution in [0.15, 0.2) is 78.9 Å². The molecule has 0 bridgehead atoms. The minimum atomic E-state index is -1.09. The summed E-state index contributed by atoms with van der Waals surface area (Å²) in [7, 11) is 0. The van der Waals surface area contributed by atoms with Crippen molar-refractivity contribution in [1.29, 1.82) is 0 Å². The number of ether oxygens (including phenoxy) is 2. The van der Waals surface area contributed by atoms with Gasteiger partial charge in [-0.1, -0.05) is 41.9 Å². The first-order valence-corrected chi connectivity index (χ1v) is 7.97. The van der Waals surface area contributed by atoms with Gasteiger partial charge in [-0.2, -0.15) is 0 Å². The van der Waals surface area contributed by atoms with Crippen molar-refractivity contribution in [3.05, 3.63) is 89.4 Å². The Labute approximate surface area is 150 Å². The maximum Gasteiger partial charge on any atom is 0.349 e. The maximum absolute atomic E-state index is 11.5. The van der Waals surface area contributed by atoms with E-state index in [4.69, 9.17) is 21.1 Å². The molecule has 1 N–H and O–H groups in total. The van der Waals surface area contributed by atoms with Gasteiger partial charge in [-0.05, 0) is 48.5 Å². The average Bonchev–Trinajstić information content (AvgIpc) is 2.63. The molecule has 1 unspecified atom stereocenters. The molecule has 3 aromatic rings. The number of carbonyl (C=O) groups is 1. The molecule has 0 spiro atoms. The number of para-hydroxylation sites is 1. The predicted octanol–water partition coefficient (Wildman–Crippen LogP) is 5.34. The molecule has 3 rings (SSSR count). The van der Waals surface area contributed by atoms with Gasteiger partial charge in [0.25, 0.3) is 0 Å². The molecule has 1 atom stereocenters. The molecule has 0 heterocycles. The molecule has 4 nitrogen and oxygen atoms in total. The van der Waals surface area contributed by atoms with Gasteiger partial charge in [-0.3, -0.25) is 0 Å². The topological polar surface area (TPSA) is 55.8 Å². The van der Waals surface area contributed by atoms with E-state index in [1.807, 2.05) is 6.07 Å². The van der Waals surface area contributed by atoms with E-state index in [-0.39, 0.29) is 0 Å². The highest BCUT2D eigenvalue weighted by molar-refractivity contribution is 6.30. The monoisotopic (exact) mass is 354 g/mol. The largest absolute Gasteiger partial charge is 0.478 e. The molecule has 126 valence electrons. The standard InChI is InChI=1S/C20H15ClO4/c21-15-8-12-18(13-9-15)24-17-10-6-14(7-11-17)19(20(22)23)25-16-4-2-1-3-5-16/h1-13,19H,(H,22,23). The number of carboxylic acid groups (broad SMARTS) is 1. The summed E-state index contributed by atoms with van der Waals surface area (Å²) in [4.78, 5) is 11.5. The number of hydrogen-bond acceptors (Lipinski definition) is 3. The van der Waals surface area contributed by atoms with Crippen LogP contribution >= 0.6 is 11.6 Å². The minimum absolute atomic E-state index is 0.497. The Morgan fingerprint density at radius 3 is 1.92 bits per heavy atom. The van der Waals surface area contributed by atoms with Crippen LogP contribution in [0.5, 0.6) is 17.2 Å². The van der Waals surface area contributed by atoms with E-state index >= 15 is 0 Å². The van der Waals surface area contributed by atoms with Crippen LogP contribution in [0.25, 0.3) is 0 Å². The van der Waals surface area contributed by atoms with E-state index in [0.717, 1.165) is 0 Å². The van der Waals surface area contributed by atoms with Crippen LogP contribution in [0.2, 0.25) is 5.02 Å². The number of aliphatic carboxylic acids is 1. The zero-order chi connectivity index (χ0) is 17.6. The number of carboxylic acids is 1. The van der Waals surface area contributed by atoms with Crippen molar-refractivity contribution in [3.63, 3.8) is 0 Å². The lowest BCUT2D eigenvalue weighted by atomic mass is 10.1. The number of hydrogen-bond donors (Lipinski definition) is 1. The average molecular weight is 355 g/mol. The first-order valence-electron chi connectivity index (χ1n) is 7.60. The second-order valence-corrected chi connectivity index (χ2v) is 5.71. The van der Waals surface area contributed by atoms with Crippen molar-refractivity contribution in [2.45, 2.75) is 6.10 Å². The summed E-state index contributed by atoms with van der Waals surface area (Å²) in [5, 5.41) is 10.1. The predicted molar refractivity (Wildman–Crippen MR) is 95.4 cm³/mol. The fourth-order valence-electron chi connectivity index (χ4n) is 2.25. The Hall–Kier alpha value is -2.98. The molecular weight excluding hydrogens is 340 g/mol. The van der Waals surface area contributed by atoms with Crippen LogP contribution in [-0.4, -0.2) is 11.1 Å². The molecule has 5 heteroatoms. The third-order valence-corrected chi connectivity index (χ3v) is 3.71. The minimum Gasteiger partial charge on any atom is -0.478 e. The Morgan fingerprint density at radius 1 is 0.800 bits per heavy atom. The smallest absolute Gasteiger partial charge is 0.349 e. The Morgan fingerprint density at radius 2 is 1.36 bits per heavy atom. The molecule has 0 aliphatic rings. The second kappa shape index (κ2) is 7.73. The summed E-state index contributed by atoms with van der Waals surface area (Å²) in [5.74, 6) is 0.675. The molecule has 0 radical (unpaired) electrons. The van der Waals surface area contributed by atoms with E-state index in [1.54, 1.807) is 72.8 Å². The van der Waals surface area contributed by atoms with Gasteiger partial charge in [0, 0.05) is 10.6 Å². The van der Waals surface area contributed by atoms with Crippen LogP contribution in [0.1, 0.15) is 11.7 Å². The summed E-state index contributed by atoms with van der Waals surface area (Å²) < 4.78 is 11.3. The van der Waals surface area contributed by atoms with E-state index in [1.165, 1.54) is 0 Å². The molecule has 25 heavy (non-hydrogen) atoms. The fraction of sp³-hybridized carbons (Fsp3) is 0.0500. The van der Waals surface area contributed by atoms with Gasteiger partial charge in [0.05, 0.1) is 0 Å². The maximum atomic E-state index is 11.5. The first-order chi connectivity index (χ1) is 12.1. The van der Waals surface area contributed by atoms with E-state index in [9.17, 15) is 9.90 Å². The molecule has 0 saturated heterocycles. The van der Waals surface area contributed by atoms with Crippen LogP contribution in [0, 0.1) is 0 Å². The summed E-state index contributed by atoms with van der Waals surface area (Å²) >= 11 is 5.84. The second-order valence-electron chi connectivity index (χ2n) is 5.27. The van der Waals surface area contributed by atoms with Gasteiger partial charge in [-0.25, -0.2) is 4.79 Å². The van der Waals surface area contributed by atoms with Gasteiger partial charge < -0.3 is 14.6 Å². The highest BCUT2D eigenvalue weighted by atomic mass is 35.5. The lowest BCUT2D eigenvalue weighted by Gasteiger charge is -2.16. The van der Waals surface area contributed by atoms with E-state index in [2.05, 4.69) is 0 Å². The van der Waals surface area contributed by atoms with Crippen molar-refractivity contribution in [2.24, 2.45) is 0 Å². The molecule has 0 saturated carbocycles. The fourth-order valence-corrected chi connectivity index (χ4v) is 2.37. The van der Waals surface area contributed by atoms with Crippen LogP contribution < -0.4 is 9.47 Å². The highest BCUT2D eigenvalue weighted by Gasteiger charge is 2.21. The molecule has 0 aliphatic heterocycles. The number of rotatable bonds is 6. The van der Waals surface area contributed by atoms with Crippen LogP contribution in [-0.2, 0) is 4.79 Å². The van der Waals surface area contributed by atoms with Crippen molar-refractivity contribution in [3.8, 4) is 17.2 Å².